The van der Waals surface area contributed by atoms with Crippen LogP contribution in [-0.4, -0.2) is 52.0 Å². The number of carbonyl (C=O) groups excluding carboxylic acids is 1. The Morgan fingerprint density at radius 1 is 1.03 bits per heavy atom. The van der Waals surface area contributed by atoms with Crippen LogP contribution < -0.4 is 0 Å². The number of hydrogen-bond acceptors (Lipinski definition) is 4. The summed E-state index contributed by atoms with van der Waals surface area (Å²) >= 11 is 12.0. The number of nitrogens with zero attached hydrogens (tertiary/aromatic N) is 3. The van der Waals surface area contributed by atoms with Crippen LogP contribution in [0.4, 0.5) is 4.79 Å². The molecule has 156 valence electrons. The predicted octanol–water partition coefficient (Wildman–Crippen LogP) is 4.57. The molecule has 30 heavy (non-hydrogen) atoms. The Bertz CT molecular complexity index is 1050. The van der Waals surface area contributed by atoms with Gasteiger partial charge in [-0.3, -0.25) is 4.90 Å². The van der Waals surface area contributed by atoms with Crippen molar-refractivity contribution in [2.75, 3.05) is 26.2 Å². The van der Waals surface area contributed by atoms with E-state index in [1.165, 1.54) is 5.56 Å². The highest BCUT2D eigenvalue weighted by atomic mass is 35.5. The maximum Gasteiger partial charge on any atom is 0.410 e. The second-order valence-electron chi connectivity index (χ2n) is 8.21. The molecule has 2 aromatic carbocycles. The molecule has 2 fully saturated rings. The summed E-state index contributed by atoms with van der Waals surface area (Å²) in [4.78, 5) is 24.3. The summed E-state index contributed by atoms with van der Waals surface area (Å²) in [5.74, 6) is 0.989. The maximum absolute atomic E-state index is 12.5. The van der Waals surface area contributed by atoms with Crippen LogP contribution in [0.1, 0.15) is 11.1 Å². The van der Waals surface area contributed by atoms with Crippen molar-refractivity contribution in [3.05, 3.63) is 63.9 Å². The molecule has 5 rings (SSSR count). The number of amides is 1. The van der Waals surface area contributed by atoms with Gasteiger partial charge in [-0.2, -0.15) is 0 Å². The number of ether oxygens (including phenoxy) is 1. The van der Waals surface area contributed by atoms with E-state index in [9.17, 15) is 4.79 Å². The van der Waals surface area contributed by atoms with E-state index in [4.69, 9.17) is 27.9 Å². The Morgan fingerprint density at radius 3 is 2.50 bits per heavy atom. The first kappa shape index (κ1) is 19.7. The fraction of sp³-hybridized carbons (Fsp3) is 0.364. The van der Waals surface area contributed by atoms with Gasteiger partial charge in [0, 0.05) is 42.8 Å². The number of halogens is 2. The Labute approximate surface area is 184 Å². The fourth-order valence-corrected chi connectivity index (χ4v) is 5.21. The third-order valence-electron chi connectivity index (χ3n) is 6.00. The van der Waals surface area contributed by atoms with E-state index in [1.807, 2.05) is 4.90 Å². The van der Waals surface area contributed by atoms with E-state index in [1.54, 1.807) is 24.5 Å². The molecular formula is C22H22Cl2N4O2. The van der Waals surface area contributed by atoms with E-state index in [0.717, 1.165) is 49.3 Å². The molecule has 6 nitrogen and oxygen atoms in total. The Kier molecular flexibility index (Phi) is 5.31. The number of fused-ring (bicyclic) bond motifs is 2. The van der Waals surface area contributed by atoms with Gasteiger partial charge in [-0.15, -0.1) is 0 Å². The van der Waals surface area contributed by atoms with Crippen LogP contribution in [0.15, 0.2) is 42.7 Å². The number of carbonyl (C=O) groups is 1. The van der Waals surface area contributed by atoms with Gasteiger partial charge in [-0.25, -0.2) is 9.78 Å². The zero-order valence-electron chi connectivity index (χ0n) is 16.4. The molecule has 2 aliphatic heterocycles. The lowest BCUT2D eigenvalue weighted by Gasteiger charge is -2.21. The van der Waals surface area contributed by atoms with Gasteiger partial charge in [0.05, 0.1) is 17.4 Å². The summed E-state index contributed by atoms with van der Waals surface area (Å²) in [6.45, 7) is 4.58. The first-order chi connectivity index (χ1) is 14.5. The minimum atomic E-state index is -0.267. The van der Waals surface area contributed by atoms with Crippen molar-refractivity contribution in [2.45, 2.75) is 13.2 Å². The molecule has 1 N–H and O–H groups in total. The molecule has 2 unspecified atom stereocenters. The van der Waals surface area contributed by atoms with E-state index < -0.39 is 0 Å². The Morgan fingerprint density at radius 2 is 1.77 bits per heavy atom. The number of hydrogen-bond donors (Lipinski definition) is 1. The Hall–Kier alpha value is -2.28. The van der Waals surface area contributed by atoms with Crippen molar-refractivity contribution in [2.24, 2.45) is 11.8 Å². The summed E-state index contributed by atoms with van der Waals surface area (Å²) in [7, 11) is 0. The van der Waals surface area contributed by atoms with Crippen molar-refractivity contribution in [3.63, 3.8) is 0 Å². The molecule has 1 amide bonds. The van der Waals surface area contributed by atoms with Crippen LogP contribution in [0.3, 0.4) is 0 Å². The van der Waals surface area contributed by atoms with Crippen molar-refractivity contribution in [3.8, 4) is 0 Å². The van der Waals surface area contributed by atoms with E-state index in [0.29, 0.717) is 21.9 Å². The van der Waals surface area contributed by atoms with Crippen LogP contribution in [0, 0.1) is 11.8 Å². The van der Waals surface area contributed by atoms with Crippen molar-refractivity contribution in [1.82, 2.24) is 19.8 Å². The molecule has 0 aliphatic carbocycles. The lowest BCUT2D eigenvalue weighted by molar-refractivity contribution is 0.0997. The maximum atomic E-state index is 12.5. The van der Waals surface area contributed by atoms with Gasteiger partial charge in [0.1, 0.15) is 6.61 Å². The SMILES string of the molecule is O=C(OCc1cc(Cl)cc(Cl)c1)N1CC2CN(Cc3ccc4nc[nH]c4c3)CC2C1. The van der Waals surface area contributed by atoms with E-state index >= 15 is 0 Å². The Balaban J connectivity index is 1.13. The van der Waals surface area contributed by atoms with Crippen LogP contribution in [-0.2, 0) is 17.9 Å². The minimum Gasteiger partial charge on any atom is -0.445 e. The molecule has 8 heteroatoms. The van der Waals surface area contributed by atoms with Gasteiger partial charge >= 0.3 is 6.09 Å². The summed E-state index contributed by atoms with van der Waals surface area (Å²) < 4.78 is 5.49. The van der Waals surface area contributed by atoms with Crippen LogP contribution in [0.2, 0.25) is 10.0 Å². The molecule has 0 spiro atoms. The summed E-state index contributed by atoms with van der Waals surface area (Å²) in [6, 6.07) is 11.6. The molecule has 2 atom stereocenters. The highest BCUT2D eigenvalue weighted by Gasteiger charge is 2.41. The number of aromatic nitrogens is 2. The van der Waals surface area contributed by atoms with Crippen LogP contribution in [0.5, 0.6) is 0 Å². The van der Waals surface area contributed by atoms with Gasteiger partial charge < -0.3 is 14.6 Å². The number of aromatic amines is 1. The number of likely N-dealkylation sites (tertiary alicyclic amines) is 2. The summed E-state index contributed by atoms with van der Waals surface area (Å²) in [5, 5.41) is 1.08. The second kappa shape index (κ2) is 8.10. The van der Waals surface area contributed by atoms with Gasteiger partial charge in [0.15, 0.2) is 0 Å². The van der Waals surface area contributed by atoms with Crippen molar-refractivity contribution < 1.29 is 9.53 Å². The monoisotopic (exact) mass is 444 g/mol. The topological polar surface area (TPSA) is 61.5 Å². The average Bonchev–Trinajstić information content (AvgIpc) is 3.39. The largest absolute Gasteiger partial charge is 0.445 e. The first-order valence-corrected chi connectivity index (χ1v) is 10.8. The molecule has 0 radical (unpaired) electrons. The molecule has 0 saturated carbocycles. The zero-order valence-corrected chi connectivity index (χ0v) is 17.9. The summed E-state index contributed by atoms with van der Waals surface area (Å²) in [5.41, 5.74) is 4.14. The van der Waals surface area contributed by atoms with Gasteiger partial charge in [-0.1, -0.05) is 29.3 Å². The van der Waals surface area contributed by atoms with Crippen LogP contribution in [0.25, 0.3) is 11.0 Å². The third-order valence-corrected chi connectivity index (χ3v) is 6.43. The quantitative estimate of drug-likeness (QED) is 0.639. The number of nitrogens with one attached hydrogen (secondary N) is 1. The zero-order chi connectivity index (χ0) is 20.7. The average molecular weight is 445 g/mol. The minimum absolute atomic E-state index is 0.174. The molecule has 3 aromatic rings. The number of rotatable bonds is 4. The molecule has 2 saturated heterocycles. The molecule has 3 heterocycles. The normalized spacial score (nSPS) is 21.3. The lowest BCUT2D eigenvalue weighted by atomic mass is 10.0. The van der Waals surface area contributed by atoms with Crippen LogP contribution >= 0.6 is 23.2 Å². The molecule has 1 aromatic heterocycles. The van der Waals surface area contributed by atoms with Gasteiger partial charge in [0.25, 0.3) is 0 Å². The molecular weight excluding hydrogens is 423 g/mol. The van der Waals surface area contributed by atoms with E-state index in [-0.39, 0.29) is 12.7 Å². The number of H-pyrrole nitrogens is 1. The highest BCUT2D eigenvalue weighted by molar-refractivity contribution is 6.34. The fourth-order valence-electron chi connectivity index (χ4n) is 4.64. The third kappa shape index (κ3) is 4.13. The lowest BCUT2D eigenvalue weighted by Crippen LogP contribution is -2.33. The molecule has 2 aliphatic rings. The van der Waals surface area contributed by atoms with E-state index in [2.05, 4.69) is 33.1 Å². The highest BCUT2D eigenvalue weighted by Crippen LogP contribution is 2.32. The van der Waals surface area contributed by atoms with Gasteiger partial charge in [0.2, 0.25) is 0 Å². The number of imidazole rings is 1. The van der Waals surface area contributed by atoms with Gasteiger partial charge in [-0.05, 0) is 53.3 Å². The predicted molar refractivity (Wildman–Crippen MR) is 117 cm³/mol. The smallest absolute Gasteiger partial charge is 0.410 e. The van der Waals surface area contributed by atoms with Crippen molar-refractivity contribution >= 4 is 40.3 Å². The molecule has 0 bridgehead atoms. The second-order valence-corrected chi connectivity index (χ2v) is 9.08. The van der Waals surface area contributed by atoms with Crippen molar-refractivity contribution in [1.29, 1.82) is 0 Å². The summed E-state index contributed by atoms with van der Waals surface area (Å²) in [6.07, 6.45) is 1.46. The first-order valence-electron chi connectivity index (χ1n) is 10.0. The standard InChI is InChI=1S/C22H22Cl2N4O2/c23-18-3-15(4-19(24)6-18)12-30-22(29)28-10-16-8-27(9-17(16)11-28)7-14-1-2-20-21(5-14)26-13-25-20/h1-6,13,16-17H,7-12H2,(H,25,26). The number of benzene rings is 2.